The van der Waals surface area contributed by atoms with Gasteiger partial charge in [-0.1, -0.05) is 11.4 Å². The first-order valence-electron chi connectivity index (χ1n) is 6.31. The van der Waals surface area contributed by atoms with Gasteiger partial charge >= 0.3 is 0 Å². The van der Waals surface area contributed by atoms with Crippen LogP contribution >= 0.6 is 11.5 Å². The monoisotopic (exact) mass is 281 g/mol. The molecule has 0 fully saturated rings. The number of methoxy groups -OCH3 is 1. The zero-order valence-corrected chi connectivity index (χ0v) is 12.4. The lowest BCUT2D eigenvalue weighted by Gasteiger charge is -2.20. The first-order valence-corrected chi connectivity index (χ1v) is 7.08. The third-order valence-corrected chi connectivity index (χ3v) is 3.58. The summed E-state index contributed by atoms with van der Waals surface area (Å²) in [4.78, 5) is 1.06. The van der Waals surface area contributed by atoms with Crippen LogP contribution in [-0.2, 0) is 0 Å². The van der Waals surface area contributed by atoms with E-state index in [0.29, 0.717) is 0 Å². The summed E-state index contributed by atoms with van der Waals surface area (Å²) in [6, 6.07) is 0.269. The highest BCUT2D eigenvalue weighted by atomic mass is 32.1. The highest BCUT2D eigenvalue weighted by Crippen LogP contribution is 2.32. The molecule has 0 aliphatic heterocycles. The first kappa shape index (κ1) is 14.0. The third-order valence-electron chi connectivity index (χ3n) is 2.85. The van der Waals surface area contributed by atoms with Crippen molar-refractivity contribution in [3.63, 3.8) is 0 Å². The Labute approximate surface area is 117 Å². The van der Waals surface area contributed by atoms with Gasteiger partial charge in [0.25, 0.3) is 0 Å². The number of hydrogen-bond acceptors (Lipinski definition) is 6. The molecule has 1 atom stereocenters. The third kappa shape index (κ3) is 2.76. The summed E-state index contributed by atoms with van der Waals surface area (Å²) in [5.41, 5.74) is 1.02. The molecule has 19 heavy (non-hydrogen) atoms. The van der Waals surface area contributed by atoms with Crippen molar-refractivity contribution < 1.29 is 4.74 Å². The van der Waals surface area contributed by atoms with E-state index in [1.165, 1.54) is 11.5 Å². The SMILES string of the molecule is CCNC(c1cnns1)c1c(OC)cnn1C(C)C. The molecule has 1 unspecified atom stereocenters. The van der Waals surface area contributed by atoms with Gasteiger partial charge in [0.15, 0.2) is 5.75 Å². The second-order valence-electron chi connectivity index (χ2n) is 4.45. The predicted molar refractivity (Wildman–Crippen MR) is 74.6 cm³/mol. The van der Waals surface area contributed by atoms with E-state index in [4.69, 9.17) is 4.74 Å². The Hall–Kier alpha value is -1.47. The Bertz CT molecular complexity index is 508. The molecule has 0 aliphatic rings. The minimum Gasteiger partial charge on any atom is -0.493 e. The summed E-state index contributed by atoms with van der Waals surface area (Å²) in [6.45, 7) is 7.12. The van der Waals surface area contributed by atoms with Crippen molar-refractivity contribution in [1.82, 2.24) is 24.7 Å². The Balaban J connectivity index is 2.49. The molecule has 0 amide bonds. The van der Waals surface area contributed by atoms with Crippen LogP contribution in [0.1, 0.15) is 43.4 Å². The maximum absolute atomic E-state index is 5.44. The molecule has 0 aliphatic carbocycles. The molecule has 7 heteroatoms. The Morgan fingerprint density at radius 2 is 2.21 bits per heavy atom. The van der Waals surface area contributed by atoms with Gasteiger partial charge in [0, 0.05) is 6.04 Å². The minimum atomic E-state index is 0.00449. The summed E-state index contributed by atoms with van der Waals surface area (Å²) in [7, 11) is 1.67. The van der Waals surface area contributed by atoms with Crippen molar-refractivity contribution in [2.75, 3.05) is 13.7 Å². The molecule has 0 radical (unpaired) electrons. The number of nitrogens with one attached hydrogen (secondary N) is 1. The fourth-order valence-electron chi connectivity index (χ4n) is 2.04. The summed E-state index contributed by atoms with van der Waals surface area (Å²) in [5.74, 6) is 0.785. The van der Waals surface area contributed by atoms with Gasteiger partial charge in [-0.25, -0.2) is 0 Å². The maximum Gasteiger partial charge on any atom is 0.161 e. The molecule has 0 bridgehead atoms. The van der Waals surface area contributed by atoms with Crippen LogP contribution in [-0.4, -0.2) is 33.0 Å². The van der Waals surface area contributed by atoms with Crippen molar-refractivity contribution in [1.29, 1.82) is 0 Å². The van der Waals surface area contributed by atoms with Crippen molar-refractivity contribution in [2.45, 2.75) is 32.9 Å². The lowest BCUT2D eigenvalue weighted by atomic mass is 10.1. The minimum absolute atomic E-state index is 0.00449. The van der Waals surface area contributed by atoms with Crippen LogP contribution in [0.15, 0.2) is 12.4 Å². The zero-order valence-electron chi connectivity index (χ0n) is 11.6. The van der Waals surface area contributed by atoms with E-state index in [9.17, 15) is 0 Å². The average Bonchev–Trinajstić information content (AvgIpc) is 3.04. The zero-order chi connectivity index (χ0) is 13.8. The number of hydrogen-bond donors (Lipinski definition) is 1. The molecule has 0 saturated carbocycles. The Kier molecular flexibility index (Phi) is 4.49. The van der Waals surface area contributed by atoms with E-state index in [0.717, 1.165) is 22.9 Å². The van der Waals surface area contributed by atoms with Gasteiger partial charge < -0.3 is 10.1 Å². The fourth-order valence-corrected chi connectivity index (χ4v) is 2.62. The Morgan fingerprint density at radius 1 is 1.42 bits per heavy atom. The molecule has 104 valence electrons. The second-order valence-corrected chi connectivity index (χ2v) is 5.26. The molecule has 2 aromatic heterocycles. The molecule has 2 aromatic rings. The van der Waals surface area contributed by atoms with Gasteiger partial charge in [-0.2, -0.15) is 5.10 Å². The Morgan fingerprint density at radius 3 is 2.74 bits per heavy atom. The standard InChI is InChI=1S/C12H19N5OS/c1-5-13-11(10-7-14-16-19-10)12-9(18-4)6-15-17(12)8(2)3/h6-8,11,13H,5H2,1-4H3. The second kappa shape index (κ2) is 6.12. The van der Waals surface area contributed by atoms with Crippen LogP contribution in [0.4, 0.5) is 0 Å². The van der Waals surface area contributed by atoms with Gasteiger partial charge in [0.2, 0.25) is 0 Å². The van der Waals surface area contributed by atoms with E-state index in [2.05, 4.69) is 40.8 Å². The van der Waals surface area contributed by atoms with E-state index >= 15 is 0 Å². The van der Waals surface area contributed by atoms with Gasteiger partial charge in [-0.3, -0.25) is 4.68 Å². The lowest BCUT2D eigenvalue weighted by molar-refractivity contribution is 0.395. The molecule has 0 spiro atoms. The van der Waals surface area contributed by atoms with E-state index in [1.807, 2.05) is 4.68 Å². The van der Waals surface area contributed by atoms with Crippen LogP contribution in [0.5, 0.6) is 5.75 Å². The maximum atomic E-state index is 5.44. The molecular formula is C12H19N5OS. The van der Waals surface area contributed by atoms with E-state index < -0.39 is 0 Å². The summed E-state index contributed by atoms with van der Waals surface area (Å²) < 4.78 is 11.4. The summed E-state index contributed by atoms with van der Waals surface area (Å²) in [5, 5.41) is 11.8. The summed E-state index contributed by atoms with van der Waals surface area (Å²) in [6.07, 6.45) is 3.54. The predicted octanol–water partition coefficient (Wildman–Crippen LogP) is 2.02. The molecule has 0 aromatic carbocycles. The molecule has 2 rings (SSSR count). The van der Waals surface area contributed by atoms with Crippen molar-refractivity contribution in [2.24, 2.45) is 0 Å². The highest BCUT2D eigenvalue weighted by Gasteiger charge is 2.25. The molecule has 1 N–H and O–H groups in total. The average molecular weight is 281 g/mol. The quantitative estimate of drug-likeness (QED) is 0.877. The lowest BCUT2D eigenvalue weighted by Crippen LogP contribution is -2.25. The van der Waals surface area contributed by atoms with Gasteiger partial charge in [0.1, 0.15) is 5.69 Å². The largest absolute Gasteiger partial charge is 0.493 e. The van der Waals surface area contributed by atoms with Crippen molar-refractivity contribution in [3.05, 3.63) is 23.0 Å². The van der Waals surface area contributed by atoms with Crippen LogP contribution in [0, 0.1) is 0 Å². The van der Waals surface area contributed by atoms with Crippen LogP contribution in [0.25, 0.3) is 0 Å². The summed E-state index contributed by atoms with van der Waals surface area (Å²) >= 11 is 1.39. The smallest absolute Gasteiger partial charge is 0.161 e. The number of aromatic nitrogens is 4. The van der Waals surface area contributed by atoms with E-state index in [-0.39, 0.29) is 12.1 Å². The molecule has 0 saturated heterocycles. The van der Waals surface area contributed by atoms with Gasteiger partial charge in [-0.15, -0.1) is 5.10 Å². The van der Waals surface area contributed by atoms with E-state index in [1.54, 1.807) is 19.5 Å². The molecule has 2 heterocycles. The molecular weight excluding hydrogens is 262 g/mol. The van der Waals surface area contributed by atoms with Crippen LogP contribution in [0.2, 0.25) is 0 Å². The van der Waals surface area contributed by atoms with Gasteiger partial charge in [-0.05, 0) is 31.9 Å². The van der Waals surface area contributed by atoms with Crippen LogP contribution < -0.4 is 10.1 Å². The number of ether oxygens (including phenoxy) is 1. The molecule has 6 nitrogen and oxygen atoms in total. The van der Waals surface area contributed by atoms with Gasteiger partial charge in [0.05, 0.1) is 30.4 Å². The van der Waals surface area contributed by atoms with Crippen molar-refractivity contribution >= 4 is 11.5 Å². The number of rotatable bonds is 6. The normalized spacial score (nSPS) is 12.9. The topological polar surface area (TPSA) is 64.9 Å². The number of nitrogens with zero attached hydrogens (tertiary/aromatic N) is 4. The van der Waals surface area contributed by atoms with Crippen molar-refractivity contribution in [3.8, 4) is 5.75 Å². The fraction of sp³-hybridized carbons (Fsp3) is 0.583. The highest BCUT2D eigenvalue weighted by molar-refractivity contribution is 7.05. The first-order chi connectivity index (χ1) is 9.19. The van der Waals surface area contributed by atoms with Crippen LogP contribution in [0.3, 0.4) is 0 Å².